The molecule has 1 heterocycles. The number of aromatic nitrogens is 1. The second-order valence-corrected chi connectivity index (χ2v) is 7.84. The van der Waals surface area contributed by atoms with Gasteiger partial charge in [0.15, 0.2) is 12.2 Å². The van der Waals surface area contributed by atoms with Crippen LogP contribution in [-0.2, 0) is 4.79 Å². The summed E-state index contributed by atoms with van der Waals surface area (Å²) in [6.07, 6.45) is 0. The van der Waals surface area contributed by atoms with Gasteiger partial charge in [0.25, 0.3) is 5.91 Å². The predicted molar refractivity (Wildman–Crippen MR) is 127 cm³/mol. The second kappa shape index (κ2) is 8.19. The molecule has 5 aromatic rings. The molecule has 0 fully saturated rings. The van der Waals surface area contributed by atoms with Crippen molar-refractivity contribution in [2.45, 2.75) is 13.8 Å². The minimum atomic E-state index is -0.231. The molecule has 0 saturated carbocycles. The summed E-state index contributed by atoms with van der Waals surface area (Å²) in [6.45, 7) is 3.92. The molecule has 5 nitrogen and oxygen atoms in total. The zero-order chi connectivity index (χ0) is 22.1. The van der Waals surface area contributed by atoms with Gasteiger partial charge in [-0.05, 0) is 55.1 Å². The molecule has 0 spiro atoms. The topological polar surface area (TPSA) is 64.4 Å². The Balaban J connectivity index is 1.34. The van der Waals surface area contributed by atoms with Gasteiger partial charge in [-0.25, -0.2) is 4.98 Å². The molecule has 1 aromatic heterocycles. The quantitative estimate of drug-likeness (QED) is 0.362. The third-order valence-corrected chi connectivity index (χ3v) is 5.37. The van der Waals surface area contributed by atoms with Gasteiger partial charge in [0, 0.05) is 16.6 Å². The van der Waals surface area contributed by atoms with Gasteiger partial charge in [-0.1, -0.05) is 54.1 Å². The van der Waals surface area contributed by atoms with Crippen LogP contribution in [0.25, 0.3) is 33.3 Å². The van der Waals surface area contributed by atoms with Gasteiger partial charge < -0.3 is 14.5 Å². The van der Waals surface area contributed by atoms with E-state index in [1.165, 1.54) is 0 Å². The number of anilines is 1. The zero-order valence-electron chi connectivity index (χ0n) is 17.9. The first-order chi connectivity index (χ1) is 15.6. The summed E-state index contributed by atoms with van der Waals surface area (Å²) in [5.41, 5.74) is 5.17. The number of aryl methyl sites for hydroxylation is 2. The van der Waals surface area contributed by atoms with E-state index in [9.17, 15) is 4.79 Å². The Morgan fingerprint density at radius 1 is 0.969 bits per heavy atom. The Morgan fingerprint density at radius 2 is 1.84 bits per heavy atom. The van der Waals surface area contributed by atoms with Crippen molar-refractivity contribution >= 4 is 33.5 Å². The highest BCUT2D eigenvalue weighted by Crippen LogP contribution is 2.30. The van der Waals surface area contributed by atoms with E-state index < -0.39 is 0 Å². The van der Waals surface area contributed by atoms with Gasteiger partial charge in [0.1, 0.15) is 11.3 Å². The number of hydrogen-bond donors (Lipinski definition) is 1. The minimum Gasteiger partial charge on any atom is -0.483 e. The van der Waals surface area contributed by atoms with Crippen LogP contribution < -0.4 is 10.1 Å². The van der Waals surface area contributed by atoms with E-state index >= 15 is 0 Å². The highest BCUT2D eigenvalue weighted by molar-refractivity contribution is 6.04. The van der Waals surface area contributed by atoms with Crippen LogP contribution in [0.3, 0.4) is 0 Å². The standard InChI is InChI=1S/C27H22N2O3/c1-17-10-12-23(18(2)14-17)31-16-25(30)28-21-8-5-7-20(15-21)27-29-26-22-9-4-3-6-19(22)11-13-24(26)32-27/h3-15H,16H2,1-2H3,(H,28,30). The molecular formula is C27H22N2O3. The maximum atomic E-state index is 12.4. The number of fused-ring (bicyclic) bond motifs is 3. The lowest BCUT2D eigenvalue weighted by molar-refractivity contribution is -0.118. The van der Waals surface area contributed by atoms with Gasteiger partial charge in [-0.3, -0.25) is 4.79 Å². The molecular weight excluding hydrogens is 400 g/mol. The molecule has 0 bridgehead atoms. The summed E-state index contributed by atoms with van der Waals surface area (Å²) in [5, 5.41) is 5.05. The third-order valence-electron chi connectivity index (χ3n) is 5.37. The second-order valence-electron chi connectivity index (χ2n) is 7.84. The predicted octanol–water partition coefficient (Wildman–Crippen LogP) is 6.28. The van der Waals surface area contributed by atoms with E-state index in [0.717, 1.165) is 38.6 Å². The number of carbonyl (C=O) groups is 1. The Hall–Kier alpha value is -4.12. The Morgan fingerprint density at radius 3 is 2.72 bits per heavy atom. The first kappa shape index (κ1) is 19.8. The lowest BCUT2D eigenvalue weighted by atomic mass is 10.1. The van der Waals surface area contributed by atoms with Crippen LogP contribution in [0, 0.1) is 13.8 Å². The van der Waals surface area contributed by atoms with Gasteiger partial charge in [0.2, 0.25) is 5.89 Å². The van der Waals surface area contributed by atoms with Crippen LogP contribution in [0.1, 0.15) is 11.1 Å². The van der Waals surface area contributed by atoms with E-state index in [-0.39, 0.29) is 12.5 Å². The fourth-order valence-corrected chi connectivity index (χ4v) is 3.82. The van der Waals surface area contributed by atoms with Crippen molar-refractivity contribution in [3.8, 4) is 17.2 Å². The zero-order valence-corrected chi connectivity index (χ0v) is 17.9. The van der Waals surface area contributed by atoms with E-state index in [1.807, 2.05) is 86.6 Å². The molecule has 158 valence electrons. The number of nitrogens with zero attached hydrogens (tertiary/aromatic N) is 1. The Kier molecular flexibility index (Phi) is 5.07. The monoisotopic (exact) mass is 422 g/mol. The molecule has 0 saturated heterocycles. The molecule has 1 amide bonds. The maximum absolute atomic E-state index is 12.4. The smallest absolute Gasteiger partial charge is 0.262 e. The van der Waals surface area contributed by atoms with Crippen molar-refractivity contribution in [1.82, 2.24) is 4.98 Å². The van der Waals surface area contributed by atoms with Crippen molar-refractivity contribution in [2.75, 3.05) is 11.9 Å². The number of rotatable bonds is 5. The summed E-state index contributed by atoms with van der Waals surface area (Å²) in [5.74, 6) is 0.989. The van der Waals surface area contributed by atoms with E-state index in [0.29, 0.717) is 17.3 Å². The SMILES string of the molecule is Cc1ccc(OCC(=O)Nc2cccc(-c3nc4c(ccc5ccccc54)o3)c2)c(C)c1. The first-order valence-electron chi connectivity index (χ1n) is 10.5. The van der Waals surface area contributed by atoms with Crippen LogP contribution >= 0.6 is 0 Å². The number of amides is 1. The summed E-state index contributed by atoms with van der Waals surface area (Å²) in [6, 6.07) is 25.4. The molecule has 0 aliphatic carbocycles. The number of oxazole rings is 1. The summed E-state index contributed by atoms with van der Waals surface area (Å²) < 4.78 is 11.7. The van der Waals surface area contributed by atoms with E-state index in [1.54, 1.807) is 0 Å². The average molecular weight is 422 g/mol. The van der Waals surface area contributed by atoms with Crippen LogP contribution in [0.4, 0.5) is 5.69 Å². The number of hydrogen-bond acceptors (Lipinski definition) is 4. The van der Waals surface area contributed by atoms with E-state index in [4.69, 9.17) is 14.1 Å². The fraction of sp³-hybridized carbons (Fsp3) is 0.111. The number of nitrogens with one attached hydrogen (secondary N) is 1. The van der Waals surface area contributed by atoms with E-state index in [2.05, 4.69) is 11.4 Å². The Labute approximate surface area is 185 Å². The molecule has 5 heteroatoms. The lowest BCUT2D eigenvalue weighted by Crippen LogP contribution is -2.20. The number of benzene rings is 4. The van der Waals surface area contributed by atoms with Gasteiger partial charge >= 0.3 is 0 Å². The van der Waals surface area contributed by atoms with Crippen LogP contribution in [0.2, 0.25) is 0 Å². The molecule has 0 radical (unpaired) electrons. The average Bonchev–Trinajstić information content (AvgIpc) is 3.24. The van der Waals surface area contributed by atoms with Crippen molar-refractivity contribution in [3.63, 3.8) is 0 Å². The molecule has 0 unspecified atom stereocenters. The highest BCUT2D eigenvalue weighted by atomic mass is 16.5. The molecule has 1 N–H and O–H groups in total. The van der Waals surface area contributed by atoms with Crippen LogP contribution in [-0.4, -0.2) is 17.5 Å². The van der Waals surface area contributed by atoms with Crippen LogP contribution in [0.15, 0.2) is 83.3 Å². The summed E-state index contributed by atoms with van der Waals surface area (Å²) in [7, 11) is 0. The molecule has 32 heavy (non-hydrogen) atoms. The first-order valence-corrected chi connectivity index (χ1v) is 10.5. The summed E-state index contributed by atoms with van der Waals surface area (Å²) >= 11 is 0. The van der Waals surface area contributed by atoms with Crippen molar-refractivity contribution in [1.29, 1.82) is 0 Å². The van der Waals surface area contributed by atoms with Gasteiger partial charge in [-0.2, -0.15) is 0 Å². The van der Waals surface area contributed by atoms with Gasteiger partial charge in [0.05, 0.1) is 0 Å². The maximum Gasteiger partial charge on any atom is 0.262 e. The molecule has 4 aromatic carbocycles. The largest absolute Gasteiger partial charge is 0.483 e. The normalized spacial score (nSPS) is 11.1. The Bertz CT molecular complexity index is 1450. The number of ether oxygens (including phenoxy) is 1. The fourth-order valence-electron chi connectivity index (χ4n) is 3.82. The molecule has 5 rings (SSSR count). The van der Waals surface area contributed by atoms with Crippen molar-refractivity contribution in [3.05, 3.63) is 90.0 Å². The summed E-state index contributed by atoms with van der Waals surface area (Å²) in [4.78, 5) is 17.1. The molecule has 0 aliphatic rings. The number of carbonyl (C=O) groups excluding carboxylic acids is 1. The minimum absolute atomic E-state index is 0.0665. The van der Waals surface area contributed by atoms with Crippen molar-refractivity contribution in [2.24, 2.45) is 0 Å². The lowest BCUT2D eigenvalue weighted by Gasteiger charge is -2.10. The third kappa shape index (κ3) is 3.93. The molecule has 0 atom stereocenters. The van der Waals surface area contributed by atoms with Gasteiger partial charge in [-0.15, -0.1) is 0 Å². The van der Waals surface area contributed by atoms with Crippen molar-refractivity contribution < 1.29 is 13.9 Å². The molecule has 0 aliphatic heterocycles. The highest BCUT2D eigenvalue weighted by Gasteiger charge is 2.12. The van der Waals surface area contributed by atoms with Crippen LogP contribution in [0.5, 0.6) is 5.75 Å².